The molecule has 0 bridgehead atoms. The SMILES string of the molecule is Cc1cc(Br)c(NC2CCc3cc(O)ccc32)cc1Cl. The van der Waals surface area contributed by atoms with Gasteiger partial charge in [-0.3, -0.25) is 0 Å². The van der Waals surface area contributed by atoms with Crippen LogP contribution in [0.4, 0.5) is 5.69 Å². The zero-order chi connectivity index (χ0) is 14.3. The summed E-state index contributed by atoms with van der Waals surface area (Å²) in [5, 5.41) is 13.8. The van der Waals surface area contributed by atoms with E-state index in [9.17, 15) is 5.11 Å². The second-order valence-electron chi connectivity index (χ2n) is 5.20. The van der Waals surface area contributed by atoms with E-state index in [1.54, 1.807) is 6.07 Å². The van der Waals surface area contributed by atoms with Gasteiger partial charge in [-0.2, -0.15) is 0 Å². The molecule has 1 unspecified atom stereocenters. The van der Waals surface area contributed by atoms with E-state index in [4.69, 9.17) is 11.6 Å². The molecule has 0 saturated heterocycles. The van der Waals surface area contributed by atoms with E-state index < -0.39 is 0 Å². The Morgan fingerprint density at radius 3 is 2.90 bits per heavy atom. The van der Waals surface area contributed by atoms with Crippen molar-refractivity contribution in [3.05, 3.63) is 56.5 Å². The third kappa shape index (κ3) is 2.52. The number of phenolic OH excluding ortho intramolecular Hbond substituents is 1. The monoisotopic (exact) mass is 351 g/mol. The van der Waals surface area contributed by atoms with Gasteiger partial charge in [0.15, 0.2) is 0 Å². The van der Waals surface area contributed by atoms with Gasteiger partial charge in [0.2, 0.25) is 0 Å². The summed E-state index contributed by atoms with van der Waals surface area (Å²) in [6.45, 7) is 1.99. The van der Waals surface area contributed by atoms with Crippen LogP contribution >= 0.6 is 27.5 Å². The molecule has 20 heavy (non-hydrogen) atoms. The van der Waals surface area contributed by atoms with E-state index in [1.807, 2.05) is 31.2 Å². The summed E-state index contributed by atoms with van der Waals surface area (Å²) in [5.41, 5.74) is 4.54. The van der Waals surface area contributed by atoms with Crippen LogP contribution in [0.2, 0.25) is 5.02 Å². The van der Waals surface area contributed by atoms with Crippen LogP contribution in [-0.4, -0.2) is 5.11 Å². The number of phenols is 1. The molecule has 0 heterocycles. The normalized spacial score (nSPS) is 17.1. The molecule has 1 atom stereocenters. The molecule has 1 aliphatic rings. The molecular weight excluding hydrogens is 338 g/mol. The first kappa shape index (κ1) is 13.8. The van der Waals surface area contributed by atoms with Gasteiger partial charge in [0.25, 0.3) is 0 Å². The number of halogens is 2. The largest absolute Gasteiger partial charge is 0.508 e. The molecule has 1 aliphatic carbocycles. The van der Waals surface area contributed by atoms with Gasteiger partial charge in [0.1, 0.15) is 5.75 Å². The highest BCUT2D eigenvalue weighted by molar-refractivity contribution is 9.10. The van der Waals surface area contributed by atoms with E-state index in [-0.39, 0.29) is 6.04 Å². The Bertz CT molecular complexity index is 672. The van der Waals surface area contributed by atoms with Crippen LogP contribution in [0.1, 0.15) is 29.2 Å². The summed E-state index contributed by atoms with van der Waals surface area (Å²) in [5.74, 6) is 0.337. The minimum atomic E-state index is 0.265. The van der Waals surface area contributed by atoms with Crippen molar-refractivity contribution >= 4 is 33.2 Å². The van der Waals surface area contributed by atoms with E-state index in [2.05, 4.69) is 21.2 Å². The van der Waals surface area contributed by atoms with Crippen LogP contribution in [0, 0.1) is 6.92 Å². The van der Waals surface area contributed by atoms with Gasteiger partial charge in [-0.15, -0.1) is 0 Å². The summed E-state index contributed by atoms with van der Waals surface area (Å²) < 4.78 is 1.02. The fourth-order valence-electron chi connectivity index (χ4n) is 2.70. The van der Waals surface area contributed by atoms with Crippen molar-refractivity contribution in [1.82, 2.24) is 0 Å². The highest BCUT2D eigenvalue weighted by Gasteiger charge is 2.23. The van der Waals surface area contributed by atoms with Gasteiger partial charge in [0.05, 0.1) is 11.7 Å². The lowest BCUT2D eigenvalue weighted by Crippen LogP contribution is -2.07. The average molecular weight is 353 g/mol. The van der Waals surface area contributed by atoms with Crippen LogP contribution in [0.3, 0.4) is 0 Å². The first-order valence-electron chi connectivity index (χ1n) is 6.58. The minimum Gasteiger partial charge on any atom is -0.508 e. The zero-order valence-electron chi connectivity index (χ0n) is 11.1. The molecule has 0 fully saturated rings. The van der Waals surface area contributed by atoms with Crippen LogP contribution in [0.5, 0.6) is 5.75 Å². The quantitative estimate of drug-likeness (QED) is 0.777. The molecule has 4 heteroatoms. The molecule has 0 radical (unpaired) electrons. The van der Waals surface area contributed by atoms with Crippen molar-refractivity contribution in [2.24, 2.45) is 0 Å². The fourth-order valence-corrected chi connectivity index (χ4v) is 3.43. The van der Waals surface area contributed by atoms with Gasteiger partial charge in [-0.05, 0) is 76.7 Å². The van der Waals surface area contributed by atoms with Crippen LogP contribution in [0.25, 0.3) is 0 Å². The summed E-state index contributed by atoms with van der Waals surface area (Å²) in [6.07, 6.45) is 2.01. The Hall–Kier alpha value is -1.19. The Balaban J connectivity index is 1.89. The smallest absolute Gasteiger partial charge is 0.115 e. The third-order valence-corrected chi connectivity index (χ3v) is 4.85. The number of hydrogen-bond donors (Lipinski definition) is 2. The van der Waals surface area contributed by atoms with Crippen LogP contribution in [0.15, 0.2) is 34.8 Å². The molecular formula is C16H15BrClNO. The van der Waals surface area contributed by atoms with E-state index in [1.165, 1.54) is 11.1 Å². The van der Waals surface area contributed by atoms with Crippen molar-refractivity contribution in [2.75, 3.05) is 5.32 Å². The molecule has 0 aliphatic heterocycles. The number of hydrogen-bond acceptors (Lipinski definition) is 2. The van der Waals surface area contributed by atoms with Gasteiger partial charge in [0, 0.05) is 9.50 Å². The molecule has 0 amide bonds. The second-order valence-corrected chi connectivity index (χ2v) is 6.46. The van der Waals surface area contributed by atoms with Gasteiger partial charge in [-0.25, -0.2) is 0 Å². The maximum absolute atomic E-state index is 9.54. The lowest BCUT2D eigenvalue weighted by atomic mass is 10.1. The zero-order valence-corrected chi connectivity index (χ0v) is 13.4. The number of fused-ring (bicyclic) bond motifs is 1. The molecule has 0 aromatic heterocycles. The van der Waals surface area contributed by atoms with Gasteiger partial charge < -0.3 is 10.4 Å². The Kier molecular flexibility index (Phi) is 3.65. The molecule has 0 spiro atoms. The fraction of sp³-hybridized carbons (Fsp3) is 0.250. The van der Waals surface area contributed by atoms with Crippen molar-refractivity contribution in [3.8, 4) is 5.75 Å². The van der Waals surface area contributed by atoms with Crippen LogP contribution in [-0.2, 0) is 6.42 Å². The summed E-state index contributed by atoms with van der Waals surface area (Å²) in [6, 6.07) is 9.85. The topological polar surface area (TPSA) is 32.3 Å². The van der Waals surface area contributed by atoms with Crippen molar-refractivity contribution in [3.63, 3.8) is 0 Å². The molecule has 2 nitrogen and oxygen atoms in total. The highest BCUT2D eigenvalue weighted by atomic mass is 79.9. The van der Waals surface area contributed by atoms with Gasteiger partial charge in [-0.1, -0.05) is 17.7 Å². The second kappa shape index (κ2) is 5.30. The van der Waals surface area contributed by atoms with E-state index in [0.29, 0.717) is 5.75 Å². The number of aromatic hydroxyl groups is 1. The molecule has 2 aromatic carbocycles. The lowest BCUT2D eigenvalue weighted by Gasteiger charge is -2.18. The standard InChI is InChI=1S/C16H15BrClNO/c1-9-6-13(17)16(8-14(9)18)19-15-5-2-10-7-11(20)3-4-12(10)15/h3-4,6-8,15,19-20H,2,5H2,1H3. The van der Waals surface area contributed by atoms with E-state index in [0.717, 1.165) is 33.6 Å². The first-order chi connectivity index (χ1) is 9.54. The number of nitrogens with one attached hydrogen (secondary N) is 1. The van der Waals surface area contributed by atoms with Gasteiger partial charge >= 0.3 is 0 Å². The predicted octanol–water partition coefficient (Wildman–Crippen LogP) is 5.22. The van der Waals surface area contributed by atoms with E-state index >= 15 is 0 Å². The Labute approximate surface area is 131 Å². The maximum Gasteiger partial charge on any atom is 0.115 e. The number of benzene rings is 2. The number of rotatable bonds is 2. The van der Waals surface area contributed by atoms with Crippen molar-refractivity contribution in [1.29, 1.82) is 0 Å². The summed E-state index contributed by atoms with van der Waals surface area (Å²) in [4.78, 5) is 0. The Morgan fingerprint density at radius 1 is 1.30 bits per heavy atom. The summed E-state index contributed by atoms with van der Waals surface area (Å²) >= 11 is 9.78. The molecule has 0 saturated carbocycles. The number of anilines is 1. The Morgan fingerprint density at radius 2 is 2.10 bits per heavy atom. The molecule has 3 rings (SSSR count). The molecule has 2 aromatic rings. The summed E-state index contributed by atoms with van der Waals surface area (Å²) in [7, 11) is 0. The highest BCUT2D eigenvalue weighted by Crippen LogP contribution is 2.38. The van der Waals surface area contributed by atoms with Crippen molar-refractivity contribution in [2.45, 2.75) is 25.8 Å². The van der Waals surface area contributed by atoms with Crippen LogP contribution < -0.4 is 5.32 Å². The average Bonchev–Trinajstić information content (AvgIpc) is 2.78. The third-order valence-electron chi connectivity index (χ3n) is 3.78. The first-order valence-corrected chi connectivity index (χ1v) is 7.75. The predicted molar refractivity (Wildman–Crippen MR) is 86.7 cm³/mol. The number of aryl methyl sites for hydroxylation is 2. The molecule has 2 N–H and O–H groups in total. The lowest BCUT2D eigenvalue weighted by molar-refractivity contribution is 0.474. The van der Waals surface area contributed by atoms with Crippen molar-refractivity contribution < 1.29 is 5.11 Å². The maximum atomic E-state index is 9.54. The molecule has 104 valence electrons. The minimum absolute atomic E-state index is 0.265.